The zero-order valence-corrected chi connectivity index (χ0v) is 14.1. The SMILES string of the molecule is CC.CC.CCCC.Cc1ccc(C)c2[nH]cnc12. The van der Waals surface area contributed by atoms with Crippen LogP contribution in [0.1, 0.15) is 65.5 Å². The molecule has 0 unspecified atom stereocenters. The number of benzene rings is 1. The topological polar surface area (TPSA) is 28.7 Å². The molecule has 0 bridgehead atoms. The highest BCUT2D eigenvalue weighted by atomic mass is 14.9. The van der Waals surface area contributed by atoms with Gasteiger partial charge in [-0.1, -0.05) is 66.5 Å². The van der Waals surface area contributed by atoms with Gasteiger partial charge in [0.15, 0.2) is 0 Å². The van der Waals surface area contributed by atoms with Crippen LogP contribution in [0, 0.1) is 13.8 Å². The number of hydrogen-bond acceptors (Lipinski definition) is 1. The maximum absolute atomic E-state index is 4.22. The van der Waals surface area contributed by atoms with Gasteiger partial charge in [0.05, 0.1) is 17.4 Å². The van der Waals surface area contributed by atoms with Crippen LogP contribution in [-0.2, 0) is 0 Å². The van der Waals surface area contributed by atoms with Crippen LogP contribution in [0.3, 0.4) is 0 Å². The standard InChI is InChI=1S/C9H10N2.C4H10.2C2H6/c1-6-3-4-7(2)9-8(6)10-5-11-9;1-3-4-2;2*1-2/h3-5H,1-2H3,(H,10,11);3-4H2,1-2H3;2*1-2H3. The third-order valence-corrected chi connectivity index (χ3v) is 2.49. The molecule has 2 heteroatoms. The van der Waals surface area contributed by atoms with Gasteiger partial charge in [-0.3, -0.25) is 0 Å². The first-order chi connectivity index (χ1) is 9.20. The van der Waals surface area contributed by atoms with Crippen LogP contribution >= 0.6 is 0 Å². The van der Waals surface area contributed by atoms with Crippen molar-refractivity contribution in [2.24, 2.45) is 0 Å². The highest BCUT2D eigenvalue weighted by Crippen LogP contribution is 2.17. The second-order valence-electron chi connectivity index (χ2n) is 3.83. The molecule has 0 amide bonds. The van der Waals surface area contributed by atoms with E-state index in [1.165, 1.54) is 24.0 Å². The maximum Gasteiger partial charge on any atom is 0.0932 e. The van der Waals surface area contributed by atoms with Crippen molar-refractivity contribution in [1.29, 1.82) is 0 Å². The Balaban J connectivity index is 0. The molecule has 110 valence electrons. The minimum Gasteiger partial charge on any atom is -0.344 e. The third-order valence-electron chi connectivity index (χ3n) is 2.49. The smallest absolute Gasteiger partial charge is 0.0932 e. The first-order valence-corrected chi connectivity index (χ1v) is 7.60. The summed E-state index contributed by atoms with van der Waals surface area (Å²) in [6, 6.07) is 4.20. The van der Waals surface area contributed by atoms with Crippen molar-refractivity contribution in [3.63, 3.8) is 0 Å². The van der Waals surface area contributed by atoms with Gasteiger partial charge in [0, 0.05) is 0 Å². The van der Waals surface area contributed by atoms with Crippen LogP contribution in [-0.4, -0.2) is 9.97 Å². The van der Waals surface area contributed by atoms with Gasteiger partial charge < -0.3 is 4.98 Å². The number of fused-ring (bicyclic) bond motifs is 1. The lowest BCUT2D eigenvalue weighted by atomic mass is 10.1. The molecular weight excluding hydrogens is 232 g/mol. The lowest BCUT2D eigenvalue weighted by Gasteiger charge is -1.96. The summed E-state index contributed by atoms with van der Waals surface area (Å²) in [5.74, 6) is 0. The van der Waals surface area contributed by atoms with Crippen LogP contribution in [0.4, 0.5) is 0 Å². The molecule has 0 spiro atoms. The molecule has 2 nitrogen and oxygen atoms in total. The number of aryl methyl sites for hydroxylation is 2. The van der Waals surface area contributed by atoms with Gasteiger partial charge in [-0.05, 0) is 25.0 Å². The van der Waals surface area contributed by atoms with E-state index in [0.717, 1.165) is 11.0 Å². The van der Waals surface area contributed by atoms with Gasteiger partial charge in [-0.2, -0.15) is 0 Å². The number of rotatable bonds is 1. The Morgan fingerprint density at radius 2 is 1.37 bits per heavy atom. The number of aromatic amines is 1. The second-order valence-corrected chi connectivity index (χ2v) is 3.83. The normalized spacial score (nSPS) is 8.42. The first-order valence-electron chi connectivity index (χ1n) is 7.60. The van der Waals surface area contributed by atoms with E-state index < -0.39 is 0 Å². The lowest BCUT2D eigenvalue weighted by Crippen LogP contribution is -1.79. The summed E-state index contributed by atoms with van der Waals surface area (Å²) in [5.41, 5.74) is 4.73. The fourth-order valence-corrected chi connectivity index (χ4v) is 1.31. The van der Waals surface area contributed by atoms with Gasteiger partial charge in [0.2, 0.25) is 0 Å². The van der Waals surface area contributed by atoms with Crippen molar-refractivity contribution in [1.82, 2.24) is 9.97 Å². The van der Waals surface area contributed by atoms with Gasteiger partial charge in [0.1, 0.15) is 0 Å². The summed E-state index contributed by atoms with van der Waals surface area (Å²) in [5, 5.41) is 0. The first kappa shape index (κ1) is 20.0. The summed E-state index contributed by atoms with van der Waals surface area (Å²) in [7, 11) is 0. The largest absolute Gasteiger partial charge is 0.344 e. The molecular formula is C17H32N2. The van der Waals surface area contributed by atoms with Gasteiger partial charge in [-0.15, -0.1) is 0 Å². The minimum absolute atomic E-state index is 1.09. The van der Waals surface area contributed by atoms with E-state index in [0.29, 0.717) is 0 Å². The van der Waals surface area contributed by atoms with E-state index >= 15 is 0 Å². The molecule has 1 N–H and O–H groups in total. The highest BCUT2D eigenvalue weighted by Gasteiger charge is 2.00. The van der Waals surface area contributed by atoms with E-state index in [9.17, 15) is 0 Å². The summed E-state index contributed by atoms with van der Waals surface area (Å²) in [6.07, 6.45) is 4.38. The molecule has 2 aromatic rings. The summed E-state index contributed by atoms with van der Waals surface area (Å²) < 4.78 is 0. The number of nitrogens with one attached hydrogen (secondary N) is 1. The van der Waals surface area contributed by atoms with Crippen LogP contribution in [0.25, 0.3) is 11.0 Å². The van der Waals surface area contributed by atoms with Crippen molar-refractivity contribution in [2.45, 2.75) is 68.2 Å². The number of H-pyrrole nitrogens is 1. The Morgan fingerprint density at radius 1 is 0.895 bits per heavy atom. The van der Waals surface area contributed by atoms with Gasteiger partial charge in [-0.25, -0.2) is 4.98 Å². The molecule has 0 radical (unpaired) electrons. The zero-order valence-electron chi connectivity index (χ0n) is 14.1. The van der Waals surface area contributed by atoms with Crippen molar-refractivity contribution in [3.8, 4) is 0 Å². The van der Waals surface area contributed by atoms with Crippen molar-refractivity contribution < 1.29 is 0 Å². The van der Waals surface area contributed by atoms with Crippen LogP contribution in [0.15, 0.2) is 18.5 Å². The van der Waals surface area contributed by atoms with Crippen molar-refractivity contribution >= 4 is 11.0 Å². The highest BCUT2D eigenvalue weighted by molar-refractivity contribution is 5.81. The molecule has 0 aliphatic heterocycles. The molecule has 0 saturated heterocycles. The average Bonchev–Trinajstić information content (AvgIpc) is 2.98. The molecule has 1 aromatic carbocycles. The maximum atomic E-state index is 4.22. The van der Waals surface area contributed by atoms with E-state index in [4.69, 9.17) is 0 Å². The van der Waals surface area contributed by atoms with E-state index in [2.05, 4.69) is 49.8 Å². The Labute approximate surface area is 119 Å². The Kier molecular flexibility index (Phi) is 13.8. The predicted molar refractivity (Wildman–Crippen MR) is 88.8 cm³/mol. The number of nitrogens with zero attached hydrogens (tertiary/aromatic N) is 1. The third kappa shape index (κ3) is 7.00. The summed E-state index contributed by atoms with van der Waals surface area (Å²) in [6.45, 7) is 16.5. The fourth-order valence-electron chi connectivity index (χ4n) is 1.31. The van der Waals surface area contributed by atoms with E-state index in [1.54, 1.807) is 6.33 Å². The van der Waals surface area contributed by atoms with Crippen molar-refractivity contribution in [2.75, 3.05) is 0 Å². The quantitative estimate of drug-likeness (QED) is 0.668. The minimum atomic E-state index is 1.09. The second kappa shape index (κ2) is 13.1. The molecule has 0 saturated carbocycles. The van der Waals surface area contributed by atoms with E-state index in [1.807, 2.05) is 27.7 Å². The summed E-state index contributed by atoms with van der Waals surface area (Å²) in [4.78, 5) is 7.34. The van der Waals surface area contributed by atoms with Crippen molar-refractivity contribution in [3.05, 3.63) is 29.6 Å². The molecule has 0 atom stereocenters. The molecule has 2 rings (SSSR count). The fraction of sp³-hybridized carbons (Fsp3) is 0.588. The van der Waals surface area contributed by atoms with Gasteiger partial charge >= 0.3 is 0 Å². The van der Waals surface area contributed by atoms with Crippen LogP contribution in [0.2, 0.25) is 0 Å². The molecule has 0 aliphatic carbocycles. The van der Waals surface area contributed by atoms with Crippen LogP contribution in [0.5, 0.6) is 0 Å². The zero-order chi connectivity index (χ0) is 15.3. The van der Waals surface area contributed by atoms with Crippen LogP contribution < -0.4 is 0 Å². The Bertz CT molecular complexity index is 378. The number of unbranched alkanes of at least 4 members (excludes halogenated alkanes) is 1. The van der Waals surface area contributed by atoms with Gasteiger partial charge in [0.25, 0.3) is 0 Å². The average molecular weight is 264 g/mol. The Morgan fingerprint density at radius 3 is 1.79 bits per heavy atom. The number of hydrogen-bond donors (Lipinski definition) is 1. The predicted octanol–water partition coefficient (Wildman–Crippen LogP) is 6.04. The Hall–Kier alpha value is -1.31. The molecule has 0 aliphatic rings. The summed E-state index contributed by atoms with van der Waals surface area (Å²) >= 11 is 0. The van der Waals surface area contributed by atoms with E-state index in [-0.39, 0.29) is 0 Å². The lowest BCUT2D eigenvalue weighted by molar-refractivity contribution is 0.886. The number of aromatic nitrogens is 2. The monoisotopic (exact) mass is 264 g/mol. The molecule has 1 aromatic heterocycles. The molecule has 1 heterocycles. The molecule has 19 heavy (non-hydrogen) atoms. The number of imidazole rings is 1. The molecule has 0 fully saturated rings.